The molecule has 0 aromatic heterocycles. The van der Waals surface area contributed by atoms with E-state index in [1.165, 1.54) is 0 Å². The minimum absolute atomic E-state index is 0.166. The highest BCUT2D eigenvalue weighted by Gasteiger charge is 2.07. The third-order valence-corrected chi connectivity index (χ3v) is 2.89. The van der Waals surface area contributed by atoms with Crippen LogP contribution < -0.4 is 11.1 Å². The van der Waals surface area contributed by atoms with Crippen molar-refractivity contribution in [2.75, 3.05) is 11.1 Å². The first kappa shape index (κ1) is 12.5. The quantitative estimate of drug-likeness (QED) is 0.812. The molecule has 0 fully saturated rings. The van der Waals surface area contributed by atoms with Gasteiger partial charge in [-0.2, -0.15) is 0 Å². The summed E-state index contributed by atoms with van der Waals surface area (Å²) in [6.45, 7) is 1.87. The second kappa shape index (κ2) is 5.10. The molecule has 0 aliphatic heterocycles. The minimum Gasteiger partial charge on any atom is -0.399 e. The maximum absolute atomic E-state index is 12.0. The van der Waals surface area contributed by atoms with Crippen LogP contribution in [0.1, 0.15) is 15.9 Å². The molecule has 2 aromatic rings. The Hall–Kier alpha value is -2.00. The van der Waals surface area contributed by atoms with Gasteiger partial charge >= 0.3 is 0 Å². The standard InChI is InChI=1S/C14H13ClN2O/c1-9-8-10(2-7-13(9)16)14(18)17-12-5-3-11(15)4-6-12/h2-8H,16H2,1H3,(H,17,18). The number of nitrogens with one attached hydrogen (secondary N) is 1. The lowest BCUT2D eigenvalue weighted by Gasteiger charge is -2.07. The maximum Gasteiger partial charge on any atom is 0.255 e. The minimum atomic E-state index is -0.166. The number of benzene rings is 2. The zero-order chi connectivity index (χ0) is 13.1. The van der Waals surface area contributed by atoms with Gasteiger partial charge in [-0.3, -0.25) is 4.79 Å². The lowest BCUT2D eigenvalue weighted by Crippen LogP contribution is -2.12. The molecule has 2 rings (SSSR count). The first-order valence-electron chi connectivity index (χ1n) is 5.49. The average molecular weight is 261 g/mol. The third kappa shape index (κ3) is 2.81. The molecule has 2 aromatic carbocycles. The van der Waals surface area contributed by atoms with Gasteiger partial charge in [0.25, 0.3) is 5.91 Å². The highest BCUT2D eigenvalue weighted by atomic mass is 35.5. The summed E-state index contributed by atoms with van der Waals surface area (Å²) in [5.41, 5.74) is 8.57. The molecule has 0 heterocycles. The van der Waals surface area contributed by atoms with Crippen molar-refractivity contribution in [3.05, 3.63) is 58.6 Å². The normalized spacial score (nSPS) is 10.1. The highest BCUT2D eigenvalue weighted by Crippen LogP contribution is 2.16. The summed E-state index contributed by atoms with van der Waals surface area (Å²) in [5.74, 6) is -0.166. The third-order valence-electron chi connectivity index (χ3n) is 2.63. The van der Waals surface area contributed by atoms with E-state index in [9.17, 15) is 4.79 Å². The van der Waals surface area contributed by atoms with Gasteiger partial charge in [0.15, 0.2) is 0 Å². The molecule has 0 bridgehead atoms. The van der Waals surface area contributed by atoms with Gasteiger partial charge < -0.3 is 11.1 Å². The van der Waals surface area contributed by atoms with E-state index in [-0.39, 0.29) is 5.91 Å². The van der Waals surface area contributed by atoms with Crippen molar-refractivity contribution in [2.24, 2.45) is 0 Å². The van der Waals surface area contributed by atoms with Crippen LogP contribution in [0.2, 0.25) is 5.02 Å². The van der Waals surface area contributed by atoms with E-state index < -0.39 is 0 Å². The summed E-state index contributed by atoms with van der Waals surface area (Å²) < 4.78 is 0. The van der Waals surface area contributed by atoms with Crippen molar-refractivity contribution in [3.63, 3.8) is 0 Å². The number of halogens is 1. The lowest BCUT2D eigenvalue weighted by atomic mass is 10.1. The van der Waals surface area contributed by atoms with Crippen molar-refractivity contribution < 1.29 is 4.79 Å². The molecule has 1 amide bonds. The molecule has 0 saturated carbocycles. The van der Waals surface area contributed by atoms with E-state index in [0.29, 0.717) is 22.0 Å². The van der Waals surface area contributed by atoms with Crippen LogP contribution >= 0.6 is 11.6 Å². The van der Waals surface area contributed by atoms with Gasteiger partial charge in [-0.05, 0) is 55.0 Å². The van der Waals surface area contributed by atoms with Crippen LogP contribution in [0, 0.1) is 6.92 Å². The monoisotopic (exact) mass is 260 g/mol. The molecule has 4 heteroatoms. The van der Waals surface area contributed by atoms with Crippen LogP contribution in [-0.4, -0.2) is 5.91 Å². The van der Waals surface area contributed by atoms with Gasteiger partial charge in [0.05, 0.1) is 0 Å². The Morgan fingerprint density at radius 2 is 1.83 bits per heavy atom. The fraction of sp³-hybridized carbons (Fsp3) is 0.0714. The van der Waals surface area contributed by atoms with E-state index in [1.54, 1.807) is 42.5 Å². The molecule has 92 valence electrons. The SMILES string of the molecule is Cc1cc(C(=O)Nc2ccc(Cl)cc2)ccc1N. The Morgan fingerprint density at radius 3 is 2.44 bits per heavy atom. The Labute approximate surface area is 111 Å². The first-order valence-corrected chi connectivity index (χ1v) is 5.87. The largest absolute Gasteiger partial charge is 0.399 e. The number of amides is 1. The lowest BCUT2D eigenvalue weighted by molar-refractivity contribution is 0.102. The summed E-state index contributed by atoms with van der Waals surface area (Å²) >= 11 is 5.78. The zero-order valence-electron chi connectivity index (χ0n) is 9.91. The van der Waals surface area contributed by atoms with Crippen molar-refractivity contribution in [1.29, 1.82) is 0 Å². The van der Waals surface area contributed by atoms with Gasteiger partial charge in [0.1, 0.15) is 0 Å². The number of aryl methyl sites for hydroxylation is 1. The van der Waals surface area contributed by atoms with Crippen molar-refractivity contribution in [1.82, 2.24) is 0 Å². The molecule has 3 N–H and O–H groups in total. The second-order valence-corrected chi connectivity index (χ2v) is 4.47. The molecule has 0 unspecified atom stereocenters. The van der Waals surface area contributed by atoms with Crippen molar-refractivity contribution in [2.45, 2.75) is 6.92 Å². The van der Waals surface area contributed by atoms with Crippen molar-refractivity contribution >= 4 is 28.9 Å². The molecule has 0 atom stereocenters. The summed E-state index contributed by atoms with van der Waals surface area (Å²) in [6.07, 6.45) is 0. The molecule has 0 aliphatic rings. The molecule has 0 aliphatic carbocycles. The number of nitrogen functional groups attached to an aromatic ring is 1. The number of carbonyl (C=O) groups excluding carboxylic acids is 1. The molecule has 18 heavy (non-hydrogen) atoms. The average Bonchev–Trinajstić information content (AvgIpc) is 2.35. The van der Waals surface area contributed by atoms with Gasteiger partial charge in [-0.25, -0.2) is 0 Å². The Kier molecular flexibility index (Phi) is 3.53. The number of hydrogen-bond acceptors (Lipinski definition) is 2. The van der Waals surface area contributed by atoms with Crippen molar-refractivity contribution in [3.8, 4) is 0 Å². The predicted octanol–water partition coefficient (Wildman–Crippen LogP) is 3.48. The van der Waals surface area contributed by atoms with Crippen LogP contribution in [-0.2, 0) is 0 Å². The second-order valence-electron chi connectivity index (χ2n) is 4.03. The maximum atomic E-state index is 12.0. The predicted molar refractivity (Wildman–Crippen MR) is 75.0 cm³/mol. The van der Waals surface area contributed by atoms with Crippen LogP contribution in [0.5, 0.6) is 0 Å². The van der Waals surface area contributed by atoms with Gasteiger partial charge in [-0.15, -0.1) is 0 Å². The summed E-state index contributed by atoms with van der Waals surface area (Å²) in [7, 11) is 0. The molecule has 3 nitrogen and oxygen atoms in total. The van der Waals surface area contributed by atoms with E-state index in [2.05, 4.69) is 5.32 Å². The van der Waals surface area contributed by atoms with Gasteiger partial charge in [-0.1, -0.05) is 11.6 Å². The fourth-order valence-electron chi connectivity index (χ4n) is 1.55. The number of nitrogens with two attached hydrogens (primary N) is 1. The molecular weight excluding hydrogens is 248 g/mol. The van der Waals surface area contributed by atoms with E-state index in [0.717, 1.165) is 5.56 Å². The van der Waals surface area contributed by atoms with Crippen LogP contribution in [0.15, 0.2) is 42.5 Å². The van der Waals surface area contributed by atoms with Crippen LogP contribution in [0.4, 0.5) is 11.4 Å². The number of rotatable bonds is 2. The molecular formula is C14H13ClN2O. The summed E-state index contributed by atoms with van der Waals surface area (Å²) in [6, 6.07) is 12.2. The summed E-state index contributed by atoms with van der Waals surface area (Å²) in [5, 5.41) is 3.43. The number of carbonyl (C=O) groups is 1. The van der Waals surface area contributed by atoms with Gasteiger partial charge in [0.2, 0.25) is 0 Å². The smallest absolute Gasteiger partial charge is 0.255 e. The van der Waals surface area contributed by atoms with Gasteiger partial charge in [0, 0.05) is 22.0 Å². The number of anilines is 2. The Bertz CT molecular complexity index is 579. The Morgan fingerprint density at radius 1 is 1.17 bits per heavy atom. The van der Waals surface area contributed by atoms with Crippen LogP contribution in [0.25, 0.3) is 0 Å². The zero-order valence-corrected chi connectivity index (χ0v) is 10.7. The Balaban J connectivity index is 2.16. The van der Waals surface area contributed by atoms with Crippen LogP contribution in [0.3, 0.4) is 0 Å². The molecule has 0 saturated heterocycles. The first-order chi connectivity index (χ1) is 8.56. The van der Waals surface area contributed by atoms with E-state index in [4.69, 9.17) is 17.3 Å². The fourth-order valence-corrected chi connectivity index (χ4v) is 1.68. The van der Waals surface area contributed by atoms with E-state index in [1.807, 2.05) is 6.92 Å². The number of hydrogen-bond donors (Lipinski definition) is 2. The topological polar surface area (TPSA) is 55.1 Å². The molecule has 0 spiro atoms. The molecule has 0 radical (unpaired) electrons. The highest BCUT2D eigenvalue weighted by molar-refractivity contribution is 6.30. The summed E-state index contributed by atoms with van der Waals surface area (Å²) in [4.78, 5) is 12.0. The van der Waals surface area contributed by atoms with E-state index >= 15 is 0 Å².